The third-order valence-electron chi connectivity index (χ3n) is 17.4. The van der Waals surface area contributed by atoms with Crippen molar-refractivity contribution in [2.75, 3.05) is 43.3 Å². The second-order valence-electron chi connectivity index (χ2n) is 23.3. The molecule has 14 atom stereocenters. The van der Waals surface area contributed by atoms with Crippen LogP contribution in [-0.2, 0) is 61.8 Å². The lowest BCUT2D eigenvalue weighted by Crippen LogP contribution is -2.82. The van der Waals surface area contributed by atoms with Crippen molar-refractivity contribution in [1.29, 1.82) is 0 Å². The number of halogens is 2. The summed E-state index contributed by atoms with van der Waals surface area (Å²) in [4.78, 5) is 129. The largest absolute Gasteiger partial charge is 0.509 e. The Morgan fingerprint density at radius 3 is 2.02 bits per heavy atom. The molecule has 2 saturated heterocycles. The van der Waals surface area contributed by atoms with Crippen molar-refractivity contribution in [3.8, 4) is 0 Å². The lowest BCUT2D eigenvalue weighted by atomic mass is 9.44. The van der Waals surface area contributed by atoms with E-state index in [1.165, 1.54) is 74.9 Å². The number of carbonyl (C=O) groups is 8. The Morgan fingerprint density at radius 1 is 0.826 bits per heavy atom. The van der Waals surface area contributed by atoms with Gasteiger partial charge in [0.1, 0.15) is 55.1 Å². The zero-order chi connectivity index (χ0) is 66.7. The number of hydrogen-bond donors (Lipinski definition) is 6. The number of ketones is 1. The number of nitrogens with one attached hydrogen (secondary N) is 2. The summed E-state index contributed by atoms with van der Waals surface area (Å²) in [5.41, 5.74) is -9.40. The molecule has 494 valence electrons. The Morgan fingerprint density at radius 2 is 1.45 bits per heavy atom. The minimum atomic E-state index is -3.96. The van der Waals surface area contributed by atoms with Gasteiger partial charge in [0, 0.05) is 55.4 Å². The molecule has 2 saturated carbocycles. The zero-order valence-electron chi connectivity index (χ0n) is 50.4. The second-order valence-corrected chi connectivity index (χ2v) is 26.0. The van der Waals surface area contributed by atoms with Gasteiger partial charge < -0.3 is 68.4 Å². The molecule has 26 nitrogen and oxygen atoms in total. The topological polar surface area (TPSA) is 360 Å². The van der Waals surface area contributed by atoms with Crippen molar-refractivity contribution in [3.63, 3.8) is 0 Å². The van der Waals surface area contributed by atoms with Crippen molar-refractivity contribution in [1.82, 2.24) is 14.9 Å². The Kier molecular flexibility index (Phi) is 20.7. The maximum atomic E-state index is 15.8. The van der Waals surface area contributed by atoms with E-state index >= 15 is 9.59 Å². The summed E-state index contributed by atoms with van der Waals surface area (Å²) in [5.74, 6) is -11.6. The number of hydrogen-bond acceptors (Lipinski definition) is 25. The molecule has 2 bridgehead atoms. The summed E-state index contributed by atoms with van der Waals surface area (Å²) >= 11 is 0. The number of esters is 4. The van der Waals surface area contributed by atoms with Crippen LogP contribution in [0.1, 0.15) is 92.9 Å². The molecule has 0 spiro atoms. The summed E-state index contributed by atoms with van der Waals surface area (Å²) in [7, 11) is 2.32. The molecule has 3 heterocycles. The third kappa shape index (κ3) is 13.4. The Hall–Kier alpha value is -7.84. The van der Waals surface area contributed by atoms with Crippen LogP contribution in [0.15, 0.2) is 119 Å². The van der Waals surface area contributed by atoms with E-state index in [0.717, 1.165) is 36.9 Å². The standard InChI is InChI=1S/C62H68F2N4O22S2/c1-32-38(29-61(81)50(89-52(76)37-20-14-9-15-21-37)47-59(6,40(72)28-41-60(47,31-84-41)90-34(3)71)49(74)45(85-33(2)70)43(32)58(61,4)5)86-53(77)46(44(35-16-10-7-11-17-35)67-51(75)36-18-12-8-13-19-36)88-57(80)83-25-27-92-91-26-24-82-56(79)66-42-22-23-68(55(78)65-42)54-62(63,64)48(73)39(30-69)87-54/h7-23,38-41,44-48,50,54,69,72-73,81H,24-31H2,1-6H3,(H,67,75)(H,65,66,78,79)/t38-,39?,40-,41+,44-,45+,46?,47-,48?,50-,54?,59+,60-,61+/m0/s1. The molecule has 2 aliphatic heterocycles. The van der Waals surface area contributed by atoms with Crippen molar-refractivity contribution < 1.29 is 110 Å². The van der Waals surface area contributed by atoms with Crippen LogP contribution in [0.4, 0.5) is 24.2 Å². The maximum Gasteiger partial charge on any atom is 0.509 e. The smallest absolute Gasteiger partial charge is 0.455 e. The average Bonchev–Trinajstić information content (AvgIpc) is 0.759. The number of aliphatic hydroxyl groups is 4. The predicted octanol–water partition coefficient (Wildman–Crippen LogP) is 4.97. The van der Waals surface area contributed by atoms with E-state index in [1.807, 2.05) is 0 Å². The summed E-state index contributed by atoms with van der Waals surface area (Å²) in [6.45, 7) is 6.07. The van der Waals surface area contributed by atoms with Crippen molar-refractivity contribution in [2.24, 2.45) is 16.7 Å². The van der Waals surface area contributed by atoms with Crippen LogP contribution in [0.5, 0.6) is 0 Å². The van der Waals surface area contributed by atoms with Crippen LogP contribution in [0.2, 0.25) is 0 Å². The predicted molar refractivity (Wildman–Crippen MR) is 318 cm³/mol. The van der Waals surface area contributed by atoms with E-state index in [1.54, 1.807) is 54.6 Å². The fourth-order valence-electron chi connectivity index (χ4n) is 12.8. The van der Waals surface area contributed by atoms with Gasteiger partial charge in [0.2, 0.25) is 12.3 Å². The summed E-state index contributed by atoms with van der Waals surface area (Å²) < 4.78 is 81.9. The Labute approximate surface area is 532 Å². The zero-order valence-corrected chi connectivity index (χ0v) is 52.1. The van der Waals surface area contributed by atoms with Gasteiger partial charge in [-0.2, -0.15) is 13.8 Å². The van der Waals surface area contributed by atoms with Gasteiger partial charge in [-0.05, 0) is 60.9 Å². The highest BCUT2D eigenvalue weighted by molar-refractivity contribution is 8.76. The number of ether oxygens (including phenoxy) is 9. The van der Waals surface area contributed by atoms with Crippen molar-refractivity contribution in [2.45, 2.75) is 133 Å². The number of rotatable bonds is 21. The molecule has 4 unspecified atom stereocenters. The van der Waals surface area contributed by atoms with E-state index in [9.17, 15) is 62.8 Å². The minimum absolute atomic E-state index is 0.00536. The highest BCUT2D eigenvalue weighted by Crippen LogP contribution is 2.64. The molecule has 30 heteroatoms. The van der Waals surface area contributed by atoms with Gasteiger partial charge in [-0.15, -0.1) is 0 Å². The van der Waals surface area contributed by atoms with Crippen LogP contribution in [0, 0.1) is 16.7 Å². The van der Waals surface area contributed by atoms with Crippen LogP contribution >= 0.6 is 21.6 Å². The average molecular weight is 1320 g/mol. The van der Waals surface area contributed by atoms with E-state index in [0.29, 0.717) is 4.57 Å². The third-order valence-corrected chi connectivity index (χ3v) is 19.8. The molecule has 3 aromatic carbocycles. The highest BCUT2D eigenvalue weighted by Gasteiger charge is 2.78. The van der Waals surface area contributed by atoms with Gasteiger partial charge in [0.15, 0.2) is 23.6 Å². The molecule has 3 aliphatic carbocycles. The quantitative estimate of drug-likeness (QED) is 0.0211. The molecule has 5 aliphatic rings. The van der Waals surface area contributed by atoms with Gasteiger partial charge in [-0.3, -0.25) is 29.1 Å². The summed E-state index contributed by atoms with van der Waals surface area (Å²) in [6.07, 6.45) is -19.5. The number of fused-ring (bicyclic) bond motifs is 5. The van der Waals surface area contributed by atoms with Crippen LogP contribution in [0.25, 0.3) is 0 Å². The van der Waals surface area contributed by atoms with Crippen LogP contribution in [-0.4, -0.2) is 182 Å². The van der Waals surface area contributed by atoms with Crippen LogP contribution in [0.3, 0.4) is 0 Å². The maximum absolute atomic E-state index is 15.8. The van der Waals surface area contributed by atoms with Gasteiger partial charge in [-0.1, -0.05) is 102 Å². The Balaban J connectivity index is 0.964. The van der Waals surface area contributed by atoms with E-state index in [2.05, 4.69) is 15.6 Å². The van der Waals surface area contributed by atoms with E-state index < -0.39 is 168 Å². The SMILES string of the molecule is CC(=O)O[C@H]1C(=O)[C@@]2(C)[C@H]([C@H](OC(=O)c3ccccc3)[C@]3(O)C[C@H](OC(=O)C(OC(=O)OCCSSCCOC(=O)Nc4ccn(C5OC(CO)C(O)C5(F)F)c(=O)n4)[C@@H](NC(=O)c4ccccc4)c4ccccc4)C(C)=C1C3(C)C)[C@]1(OC(C)=O)CO[C@@H]1C[C@@H]2O. The number of anilines is 1. The molecule has 4 fully saturated rings. The lowest BCUT2D eigenvalue weighted by molar-refractivity contribution is -0.346. The molecule has 0 radical (unpaired) electrons. The number of Topliss-reactive ketones (excluding diaryl/α,β-unsaturated/α-hetero) is 1. The number of alkyl halides is 2. The molecule has 4 aromatic rings. The number of nitrogens with zero attached hydrogens (tertiary/aromatic N) is 2. The molecule has 1 aromatic heterocycles. The first-order valence-electron chi connectivity index (χ1n) is 29.0. The fraction of sp³-hybridized carbons (Fsp3) is 0.484. The van der Waals surface area contributed by atoms with E-state index in [-0.39, 0.29) is 64.8 Å². The van der Waals surface area contributed by atoms with Gasteiger partial charge in [0.05, 0.1) is 36.2 Å². The van der Waals surface area contributed by atoms with Gasteiger partial charge in [-0.25, -0.2) is 24.0 Å². The normalized spacial score (nSPS) is 29.0. The molecule has 2 amide bonds. The summed E-state index contributed by atoms with van der Waals surface area (Å²) in [6, 6.07) is 22.8. The van der Waals surface area contributed by atoms with Crippen molar-refractivity contribution in [3.05, 3.63) is 142 Å². The summed E-state index contributed by atoms with van der Waals surface area (Å²) in [5, 5.41) is 50.4. The molecule has 6 N–H and O–H groups in total. The fourth-order valence-corrected chi connectivity index (χ4v) is 14.4. The molecule has 92 heavy (non-hydrogen) atoms. The monoisotopic (exact) mass is 1320 g/mol. The van der Waals surface area contributed by atoms with Gasteiger partial charge in [0.25, 0.3) is 5.91 Å². The lowest BCUT2D eigenvalue weighted by Gasteiger charge is -2.67. The number of benzene rings is 3. The highest BCUT2D eigenvalue weighted by atomic mass is 33.1. The molecular formula is C62H68F2N4O22S2. The number of amides is 2. The first kappa shape index (κ1) is 68.5. The number of aromatic nitrogens is 2. The molecule has 9 rings (SSSR count). The molecular weight excluding hydrogens is 1250 g/mol. The minimum Gasteiger partial charge on any atom is -0.455 e. The Bertz CT molecular complexity index is 3530. The van der Waals surface area contributed by atoms with Crippen molar-refractivity contribution >= 4 is 75.2 Å². The first-order valence-corrected chi connectivity index (χ1v) is 31.5. The second kappa shape index (κ2) is 27.8. The van der Waals surface area contributed by atoms with E-state index in [4.69, 9.17) is 42.6 Å². The van der Waals surface area contributed by atoms with Gasteiger partial charge >= 0.3 is 47.7 Å². The number of carbonyl (C=O) groups excluding carboxylic acids is 8. The first-order chi connectivity index (χ1) is 43.6. The van der Waals surface area contributed by atoms with Crippen LogP contribution < -0.4 is 16.3 Å². The number of aliphatic hydroxyl groups excluding tert-OH is 3.